The molecule has 0 fully saturated rings. The van der Waals surface area contributed by atoms with E-state index in [-0.39, 0.29) is 13.0 Å². The monoisotopic (exact) mass is 399 g/mol. The second-order valence-corrected chi connectivity index (χ2v) is 6.50. The summed E-state index contributed by atoms with van der Waals surface area (Å²) in [4.78, 5) is 35.5. The number of carbonyl (C=O) groups excluding carboxylic acids is 3. The van der Waals surface area contributed by atoms with Gasteiger partial charge in [0.2, 0.25) is 0 Å². The van der Waals surface area contributed by atoms with Crippen LogP contribution in [0.2, 0.25) is 0 Å². The Labute approximate surface area is 170 Å². The SMILES string of the molecule is COC(=O)C(Cc1cccc(CCOC(=O)Nc2ccc(C)cc2)c1)C(=O)OC. The van der Waals surface area contributed by atoms with Gasteiger partial charge in [0.15, 0.2) is 5.92 Å². The van der Waals surface area contributed by atoms with E-state index in [9.17, 15) is 14.4 Å². The highest BCUT2D eigenvalue weighted by Gasteiger charge is 2.28. The maximum atomic E-state index is 11.9. The first-order chi connectivity index (χ1) is 13.9. The highest BCUT2D eigenvalue weighted by Crippen LogP contribution is 2.15. The van der Waals surface area contributed by atoms with Gasteiger partial charge in [0.1, 0.15) is 0 Å². The van der Waals surface area contributed by atoms with Crippen molar-refractivity contribution < 1.29 is 28.6 Å². The molecule has 0 aromatic heterocycles. The van der Waals surface area contributed by atoms with Crippen LogP contribution in [-0.2, 0) is 36.6 Å². The lowest BCUT2D eigenvalue weighted by molar-refractivity contribution is -0.158. The molecule has 0 aliphatic heterocycles. The third kappa shape index (κ3) is 6.95. The van der Waals surface area contributed by atoms with E-state index in [1.807, 2.05) is 43.3 Å². The molecule has 0 saturated heterocycles. The van der Waals surface area contributed by atoms with Crippen LogP contribution in [0.15, 0.2) is 48.5 Å². The molecular formula is C22H25NO6. The van der Waals surface area contributed by atoms with Crippen LogP contribution >= 0.6 is 0 Å². The van der Waals surface area contributed by atoms with Gasteiger partial charge >= 0.3 is 18.0 Å². The summed E-state index contributed by atoms with van der Waals surface area (Å²) in [6.45, 7) is 2.16. The molecule has 2 rings (SSSR count). The van der Waals surface area contributed by atoms with Gasteiger partial charge in [0.05, 0.1) is 20.8 Å². The number of rotatable bonds is 8. The van der Waals surface area contributed by atoms with E-state index in [2.05, 4.69) is 14.8 Å². The first-order valence-corrected chi connectivity index (χ1v) is 9.17. The van der Waals surface area contributed by atoms with Gasteiger partial charge in [-0.05, 0) is 36.6 Å². The number of benzene rings is 2. The number of hydrogen-bond acceptors (Lipinski definition) is 6. The summed E-state index contributed by atoms with van der Waals surface area (Å²) in [7, 11) is 2.46. The average molecular weight is 399 g/mol. The molecule has 0 radical (unpaired) electrons. The quantitative estimate of drug-likeness (QED) is 0.416. The summed E-state index contributed by atoms with van der Waals surface area (Å²) in [6.07, 6.45) is 0.138. The topological polar surface area (TPSA) is 90.9 Å². The number of anilines is 1. The molecule has 2 aromatic carbocycles. The Balaban J connectivity index is 1.88. The molecule has 0 heterocycles. The number of methoxy groups -OCH3 is 2. The normalized spacial score (nSPS) is 10.3. The average Bonchev–Trinajstić information content (AvgIpc) is 2.73. The van der Waals surface area contributed by atoms with Gasteiger partial charge in [0, 0.05) is 12.1 Å². The van der Waals surface area contributed by atoms with Gasteiger partial charge < -0.3 is 14.2 Å². The molecule has 7 nitrogen and oxygen atoms in total. The Morgan fingerprint density at radius 1 is 0.931 bits per heavy atom. The third-order valence-electron chi connectivity index (χ3n) is 4.32. The fourth-order valence-electron chi connectivity index (χ4n) is 2.75. The molecule has 0 atom stereocenters. The molecular weight excluding hydrogens is 374 g/mol. The first-order valence-electron chi connectivity index (χ1n) is 9.17. The number of ether oxygens (including phenoxy) is 3. The molecule has 154 valence electrons. The molecule has 1 N–H and O–H groups in total. The maximum absolute atomic E-state index is 11.9. The largest absolute Gasteiger partial charge is 0.468 e. The minimum Gasteiger partial charge on any atom is -0.468 e. The van der Waals surface area contributed by atoms with Crippen molar-refractivity contribution >= 4 is 23.7 Å². The molecule has 0 unspecified atom stereocenters. The minimum absolute atomic E-state index is 0.169. The van der Waals surface area contributed by atoms with Crippen molar-refractivity contribution in [1.82, 2.24) is 0 Å². The van der Waals surface area contributed by atoms with E-state index in [0.717, 1.165) is 16.7 Å². The molecule has 1 amide bonds. The lowest BCUT2D eigenvalue weighted by Gasteiger charge is -2.13. The summed E-state index contributed by atoms with van der Waals surface area (Å²) >= 11 is 0. The fourth-order valence-corrected chi connectivity index (χ4v) is 2.75. The van der Waals surface area contributed by atoms with E-state index in [0.29, 0.717) is 12.1 Å². The molecule has 7 heteroatoms. The zero-order valence-corrected chi connectivity index (χ0v) is 16.8. The summed E-state index contributed by atoms with van der Waals surface area (Å²) in [5.74, 6) is -2.30. The van der Waals surface area contributed by atoms with Crippen LogP contribution in [0.25, 0.3) is 0 Å². The lowest BCUT2D eigenvalue weighted by Crippen LogP contribution is -2.28. The van der Waals surface area contributed by atoms with Gasteiger partial charge in [-0.2, -0.15) is 0 Å². The third-order valence-corrected chi connectivity index (χ3v) is 4.32. The summed E-state index contributed by atoms with van der Waals surface area (Å²) in [6, 6.07) is 14.8. The number of hydrogen-bond donors (Lipinski definition) is 1. The highest BCUT2D eigenvalue weighted by molar-refractivity contribution is 5.95. The number of amides is 1. The smallest absolute Gasteiger partial charge is 0.411 e. The van der Waals surface area contributed by atoms with Crippen molar-refractivity contribution in [2.45, 2.75) is 19.8 Å². The van der Waals surface area contributed by atoms with Crippen LogP contribution in [-0.4, -0.2) is 38.9 Å². The van der Waals surface area contributed by atoms with Crippen LogP contribution in [0.1, 0.15) is 16.7 Å². The number of aryl methyl sites for hydroxylation is 1. The molecule has 2 aromatic rings. The molecule has 29 heavy (non-hydrogen) atoms. The van der Waals surface area contributed by atoms with Crippen molar-refractivity contribution in [3.05, 3.63) is 65.2 Å². The van der Waals surface area contributed by atoms with Gasteiger partial charge in [0.25, 0.3) is 0 Å². The van der Waals surface area contributed by atoms with Gasteiger partial charge in [-0.1, -0.05) is 42.0 Å². The lowest BCUT2D eigenvalue weighted by atomic mass is 9.97. The van der Waals surface area contributed by atoms with Crippen LogP contribution in [0, 0.1) is 12.8 Å². The zero-order chi connectivity index (χ0) is 21.2. The number of esters is 2. The van der Waals surface area contributed by atoms with E-state index in [4.69, 9.17) is 4.74 Å². The maximum Gasteiger partial charge on any atom is 0.411 e. The van der Waals surface area contributed by atoms with Crippen LogP contribution < -0.4 is 5.32 Å². The van der Waals surface area contributed by atoms with Gasteiger partial charge in [-0.15, -0.1) is 0 Å². The van der Waals surface area contributed by atoms with Gasteiger partial charge in [-0.25, -0.2) is 4.79 Å². The Bertz CT molecular complexity index is 831. The van der Waals surface area contributed by atoms with Crippen molar-refractivity contribution in [3.8, 4) is 0 Å². The standard InChI is InChI=1S/C22H25NO6/c1-15-7-9-18(10-8-15)23-22(26)29-12-11-16-5-4-6-17(13-16)14-19(20(24)27-2)21(25)28-3/h4-10,13,19H,11-12,14H2,1-3H3,(H,23,26). The van der Waals surface area contributed by atoms with Crippen molar-refractivity contribution in [2.75, 3.05) is 26.1 Å². The predicted molar refractivity (Wildman–Crippen MR) is 108 cm³/mol. The minimum atomic E-state index is -1.02. The predicted octanol–water partition coefficient (Wildman–Crippen LogP) is 3.29. The molecule has 0 aliphatic rings. The Hall–Kier alpha value is -3.35. The zero-order valence-electron chi connectivity index (χ0n) is 16.8. The fraction of sp³-hybridized carbons (Fsp3) is 0.318. The van der Waals surface area contributed by atoms with Crippen LogP contribution in [0.3, 0.4) is 0 Å². The Morgan fingerprint density at radius 3 is 2.17 bits per heavy atom. The second kappa shape index (κ2) is 10.8. The number of nitrogens with one attached hydrogen (secondary N) is 1. The van der Waals surface area contributed by atoms with E-state index in [1.165, 1.54) is 14.2 Å². The molecule has 0 aliphatic carbocycles. The van der Waals surface area contributed by atoms with Crippen molar-refractivity contribution in [2.24, 2.45) is 5.92 Å². The Kier molecular flexibility index (Phi) is 8.21. The van der Waals surface area contributed by atoms with E-state index < -0.39 is 23.9 Å². The summed E-state index contributed by atoms with van der Waals surface area (Å²) in [5, 5.41) is 2.67. The highest BCUT2D eigenvalue weighted by atomic mass is 16.6. The van der Waals surface area contributed by atoms with Crippen molar-refractivity contribution in [3.63, 3.8) is 0 Å². The number of carbonyl (C=O) groups is 3. The summed E-state index contributed by atoms with van der Waals surface area (Å²) in [5.41, 5.74) is 3.47. The van der Waals surface area contributed by atoms with Crippen molar-refractivity contribution in [1.29, 1.82) is 0 Å². The second-order valence-electron chi connectivity index (χ2n) is 6.50. The molecule has 0 saturated carbocycles. The van der Waals surface area contributed by atoms with Gasteiger partial charge in [-0.3, -0.25) is 14.9 Å². The van der Waals surface area contributed by atoms with Crippen LogP contribution in [0.4, 0.5) is 10.5 Å². The first kappa shape index (κ1) is 21.9. The van der Waals surface area contributed by atoms with E-state index in [1.54, 1.807) is 12.1 Å². The van der Waals surface area contributed by atoms with E-state index >= 15 is 0 Å². The summed E-state index contributed by atoms with van der Waals surface area (Å²) < 4.78 is 14.6. The Morgan fingerprint density at radius 2 is 1.55 bits per heavy atom. The molecule has 0 spiro atoms. The van der Waals surface area contributed by atoms with Crippen LogP contribution in [0.5, 0.6) is 0 Å². The molecule has 0 bridgehead atoms.